The van der Waals surface area contributed by atoms with Crippen molar-refractivity contribution >= 4 is 10.8 Å². The molecule has 0 aliphatic carbocycles. The number of nitrogens with zero attached hydrogens (tertiary/aromatic N) is 3. The lowest BCUT2D eigenvalue weighted by Gasteiger charge is -2.26. The lowest BCUT2D eigenvalue weighted by molar-refractivity contribution is 0.250. The second-order valence-electron chi connectivity index (χ2n) is 6.78. The Morgan fingerprint density at radius 3 is 2.83 bits per heavy atom. The number of benzene rings is 2. The second-order valence-corrected chi connectivity index (χ2v) is 6.78. The van der Waals surface area contributed by atoms with Gasteiger partial charge in [-0.1, -0.05) is 42.5 Å². The van der Waals surface area contributed by atoms with Crippen molar-refractivity contribution in [3.05, 3.63) is 66.2 Å². The van der Waals surface area contributed by atoms with E-state index in [-0.39, 0.29) is 0 Å². The molecule has 1 atom stereocenters. The summed E-state index contributed by atoms with van der Waals surface area (Å²) in [7, 11) is 0. The van der Waals surface area contributed by atoms with Crippen molar-refractivity contribution in [2.75, 3.05) is 13.1 Å². The predicted octanol–water partition coefficient (Wildman–Crippen LogP) is 4.57. The standard InChI is InChI=1S/C21H25N3/c1-17-22-12-16-23(17)14-6-15-24-13-5-11-21(24)20-10-4-8-18-7-2-3-9-19(18)20/h2-4,7-10,12,16,21H,5-6,11,13-15H2,1H3. The summed E-state index contributed by atoms with van der Waals surface area (Å²) in [5.41, 5.74) is 1.50. The third kappa shape index (κ3) is 2.96. The van der Waals surface area contributed by atoms with E-state index in [1.54, 1.807) is 0 Å². The number of imidazole rings is 1. The van der Waals surface area contributed by atoms with Crippen LogP contribution in [0.1, 0.15) is 36.7 Å². The van der Waals surface area contributed by atoms with Crippen molar-refractivity contribution < 1.29 is 0 Å². The molecule has 1 fully saturated rings. The summed E-state index contributed by atoms with van der Waals surface area (Å²) in [6.45, 7) is 5.52. The Hall–Kier alpha value is -2.13. The zero-order valence-electron chi connectivity index (χ0n) is 14.4. The molecule has 1 aromatic heterocycles. The fourth-order valence-corrected chi connectivity index (χ4v) is 4.07. The normalized spacial score (nSPS) is 18.5. The van der Waals surface area contributed by atoms with Gasteiger partial charge in [-0.2, -0.15) is 0 Å². The highest BCUT2D eigenvalue weighted by molar-refractivity contribution is 5.86. The van der Waals surface area contributed by atoms with Crippen molar-refractivity contribution in [2.24, 2.45) is 0 Å². The molecule has 4 rings (SSSR count). The highest BCUT2D eigenvalue weighted by Gasteiger charge is 2.26. The number of fused-ring (bicyclic) bond motifs is 1. The molecule has 24 heavy (non-hydrogen) atoms. The lowest BCUT2D eigenvalue weighted by Crippen LogP contribution is -2.25. The molecule has 0 N–H and O–H groups in total. The molecule has 3 aromatic rings. The Balaban J connectivity index is 1.49. The molecule has 1 unspecified atom stereocenters. The van der Waals surface area contributed by atoms with Crippen LogP contribution >= 0.6 is 0 Å². The Morgan fingerprint density at radius 2 is 1.96 bits per heavy atom. The van der Waals surface area contributed by atoms with E-state index >= 15 is 0 Å². The summed E-state index contributed by atoms with van der Waals surface area (Å²) in [5, 5.41) is 2.78. The molecule has 124 valence electrons. The molecular formula is C21H25N3. The first kappa shape index (κ1) is 15.4. The highest BCUT2D eigenvalue weighted by Crippen LogP contribution is 2.35. The third-order valence-corrected chi connectivity index (χ3v) is 5.31. The van der Waals surface area contributed by atoms with Crippen molar-refractivity contribution in [3.8, 4) is 0 Å². The van der Waals surface area contributed by atoms with Crippen LogP contribution in [0.2, 0.25) is 0 Å². The SMILES string of the molecule is Cc1nccn1CCCN1CCCC1c1cccc2ccccc12. The number of likely N-dealkylation sites (tertiary alicyclic amines) is 1. The molecule has 0 radical (unpaired) electrons. The van der Waals surface area contributed by atoms with Crippen LogP contribution in [0.15, 0.2) is 54.9 Å². The molecule has 2 heterocycles. The molecule has 3 nitrogen and oxygen atoms in total. The van der Waals surface area contributed by atoms with E-state index in [1.165, 1.54) is 42.1 Å². The predicted molar refractivity (Wildman–Crippen MR) is 99.1 cm³/mol. The Morgan fingerprint density at radius 1 is 1.08 bits per heavy atom. The molecule has 0 bridgehead atoms. The second kappa shape index (κ2) is 6.78. The third-order valence-electron chi connectivity index (χ3n) is 5.31. The Kier molecular flexibility index (Phi) is 4.35. The van der Waals surface area contributed by atoms with Gasteiger partial charge in [0.2, 0.25) is 0 Å². The van der Waals surface area contributed by atoms with Crippen LogP contribution in [0.3, 0.4) is 0 Å². The van der Waals surface area contributed by atoms with Gasteiger partial charge in [-0.25, -0.2) is 4.98 Å². The van der Waals surface area contributed by atoms with E-state index in [0.717, 1.165) is 18.9 Å². The largest absolute Gasteiger partial charge is 0.335 e. The molecule has 3 heteroatoms. The smallest absolute Gasteiger partial charge is 0.105 e. The number of aromatic nitrogens is 2. The first-order valence-electron chi connectivity index (χ1n) is 9.02. The summed E-state index contributed by atoms with van der Waals surface area (Å²) < 4.78 is 2.25. The maximum Gasteiger partial charge on any atom is 0.105 e. The first-order valence-corrected chi connectivity index (χ1v) is 9.02. The summed E-state index contributed by atoms with van der Waals surface area (Å²) in [4.78, 5) is 6.99. The van der Waals surface area contributed by atoms with E-state index in [1.807, 2.05) is 6.20 Å². The van der Waals surface area contributed by atoms with Gasteiger partial charge in [0.25, 0.3) is 0 Å². The van der Waals surface area contributed by atoms with Crippen LogP contribution < -0.4 is 0 Å². The first-order chi connectivity index (χ1) is 11.8. The summed E-state index contributed by atoms with van der Waals surface area (Å²) >= 11 is 0. The molecule has 1 aliphatic rings. The molecule has 0 saturated carbocycles. The molecular weight excluding hydrogens is 294 g/mol. The average molecular weight is 319 g/mol. The minimum absolute atomic E-state index is 0.569. The monoisotopic (exact) mass is 319 g/mol. The Labute approximate surface area is 143 Å². The van der Waals surface area contributed by atoms with Crippen molar-refractivity contribution in [1.82, 2.24) is 14.5 Å². The van der Waals surface area contributed by atoms with Crippen LogP contribution in [-0.4, -0.2) is 27.5 Å². The average Bonchev–Trinajstić information content (AvgIpc) is 3.24. The van der Waals surface area contributed by atoms with Crippen molar-refractivity contribution in [2.45, 2.75) is 38.8 Å². The van der Waals surface area contributed by atoms with Crippen LogP contribution in [0.5, 0.6) is 0 Å². The van der Waals surface area contributed by atoms with E-state index in [2.05, 4.69) is 70.0 Å². The van der Waals surface area contributed by atoms with E-state index in [9.17, 15) is 0 Å². The van der Waals surface area contributed by atoms with Crippen LogP contribution in [0, 0.1) is 6.92 Å². The van der Waals surface area contributed by atoms with Gasteiger partial charge < -0.3 is 4.57 Å². The summed E-state index contributed by atoms with van der Waals surface area (Å²) in [5.74, 6) is 1.11. The highest BCUT2D eigenvalue weighted by atomic mass is 15.2. The molecule has 0 amide bonds. The van der Waals surface area contributed by atoms with Gasteiger partial charge in [0.15, 0.2) is 0 Å². The van der Waals surface area contributed by atoms with Gasteiger partial charge in [0, 0.05) is 31.5 Å². The van der Waals surface area contributed by atoms with E-state index in [0.29, 0.717) is 6.04 Å². The minimum Gasteiger partial charge on any atom is -0.335 e. The molecule has 1 aliphatic heterocycles. The fraction of sp³-hybridized carbons (Fsp3) is 0.381. The number of rotatable bonds is 5. The number of aryl methyl sites for hydroxylation is 2. The molecule has 1 saturated heterocycles. The maximum atomic E-state index is 4.31. The van der Waals surface area contributed by atoms with Crippen molar-refractivity contribution in [3.63, 3.8) is 0 Å². The molecule has 2 aromatic carbocycles. The van der Waals surface area contributed by atoms with Crippen molar-refractivity contribution in [1.29, 1.82) is 0 Å². The van der Waals surface area contributed by atoms with Gasteiger partial charge in [-0.3, -0.25) is 4.90 Å². The number of hydrogen-bond donors (Lipinski definition) is 0. The maximum absolute atomic E-state index is 4.31. The Bertz CT molecular complexity index is 815. The minimum atomic E-state index is 0.569. The topological polar surface area (TPSA) is 21.1 Å². The van der Waals surface area contributed by atoms with Gasteiger partial charge in [0.1, 0.15) is 5.82 Å². The fourth-order valence-electron chi connectivity index (χ4n) is 4.07. The lowest BCUT2D eigenvalue weighted by atomic mass is 9.97. The van der Waals surface area contributed by atoms with Gasteiger partial charge in [0.05, 0.1) is 0 Å². The number of hydrogen-bond acceptors (Lipinski definition) is 2. The zero-order chi connectivity index (χ0) is 16.4. The van der Waals surface area contributed by atoms with Crippen LogP contribution in [-0.2, 0) is 6.54 Å². The summed E-state index contributed by atoms with van der Waals surface area (Å²) in [6.07, 6.45) is 7.74. The zero-order valence-corrected chi connectivity index (χ0v) is 14.4. The van der Waals surface area contributed by atoms with Gasteiger partial charge in [-0.15, -0.1) is 0 Å². The van der Waals surface area contributed by atoms with Crippen LogP contribution in [0.4, 0.5) is 0 Å². The summed E-state index contributed by atoms with van der Waals surface area (Å²) in [6, 6.07) is 16.1. The van der Waals surface area contributed by atoms with E-state index in [4.69, 9.17) is 0 Å². The van der Waals surface area contributed by atoms with E-state index < -0.39 is 0 Å². The van der Waals surface area contributed by atoms with Crippen LogP contribution in [0.25, 0.3) is 10.8 Å². The van der Waals surface area contributed by atoms with Gasteiger partial charge in [-0.05, 0) is 49.1 Å². The quantitative estimate of drug-likeness (QED) is 0.687. The van der Waals surface area contributed by atoms with Gasteiger partial charge >= 0.3 is 0 Å². The molecule has 0 spiro atoms.